The Hall–Kier alpha value is -2.38. The van der Waals surface area contributed by atoms with Gasteiger partial charge in [0.25, 0.3) is 0 Å². The Morgan fingerprint density at radius 3 is 1.62 bits per heavy atom. The van der Waals surface area contributed by atoms with Gasteiger partial charge in [-0.25, -0.2) is 0 Å². The number of hydrogen-bond donors (Lipinski definition) is 0. The number of allylic oxidation sites excluding steroid dienone is 6. The molecule has 1 aliphatic rings. The van der Waals surface area contributed by atoms with Gasteiger partial charge in [-0.1, -0.05) is 85.0 Å². The molecule has 3 rings (SSSR count). The van der Waals surface area contributed by atoms with Crippen molar-refractivity contribution >= 4 is 0 Å². The highest BCUT2D eigenvalue weighted by atomic mass is 16.5. The summed E-state index contributed by atoms with van der Waals surface area (Å²) in [6.45, 7) is 2.82. The molecule has 0 aliphatic heterocycles. The summed E-state index contributed by atoms with van der Waals surface area (Å²) >= 11 is 0. The van der Waals surface area contributed by atoms with Crippen LogP contribution in [0.15, 0.2) is 85.0 Å². The molecule has 0 spiro atoms. The fraction of sp³-hybridized carbons (Fsp3) is 0.419. The van der Waals surface area contributed by atoms with Crippen LogP contribution in [0.4, 0.5) is 0 Å². The van der Waals surface area contributed by atoms with Crippen LogP contribution in [0, 0.1) is 11.8 Å². The van der Waals surface area contributed by atoms with Gasteiger partial charge in [0.05, 0.1) is 6.61 Å². The van der Waals surface area contributed by atoms with Gasteiger partial charge in [-0.2, -0.15) is 0 Å². The summed E-state index contributed by atoms with van der Waals surface area (Å²) in [6, 6.07) is 17.8. The Labute approximate surface area is 195 Å². The van der Waals surface area contributed by atoms with E-state index in [0.717, 1.165) is 31.1 Å². The lowest BCUT2D eigenvalue weighted by atomic mass is 9.80. The summed E-state index contributed by atoms with van der Waals surface area (Å²) in [5.41, 5.74) is 5.35. The molecular weight excluding hydrogens is 388 g/mol. The predicted octanol–water partition coefficient (Wildman–Crippen LogP) is 8.05. The maximum Gasteiger partial charge on any atom is 0.0713 e. The zero-order chi connectivity index (χ0) is 22.4. The van der Waals surface area contributed by atoms with Gasteiger partial charge in [-0.05, 0) is 92.4 Å². The first-order valence-corrected chi connectivity index (χ1v) is 12.3. The van der Waals surface area contributed by atoms with Crippen LogP contribution in [0.1, 0.15) is 61.3 Å². The molecule has 0 N–H and O–H groups in total. The molecule has 1 nitrogen and oxygen atoms in total. The van der Waals surface area contributed by atoms with E-state index >= 15 is 0 Å². The van der Waals surface area contributed by atoms with E-state index in [9.17, 15) is 0 Å². The van der Waals surface area contributed by atoms with Gasteiger partial charge in [-0.15, -0.1) is 0 Å². The van der Waals surface area contributed by atoms with E-state index in [0.29, 0.717) is 6.61 Å². The Bertz CT molecular complexity index is 846. The highest BCUT2D eigenvalue weighted by Gasteiger charge is 2.17. The highest BCUT2D eigenvalue weighted by Crippen LogP contribution is 2.31. The minimum atomic E-state index is 0.680. The summed E-state index contributed by atoms with van der Waals surface area (Å²) in [4.78, 5) is 0. The Morgan fingerprint density at radius 1 is 0.688 bits per heavy atom. The molecule has 0 atom stereocenters. The molecule has 2 aromatic carbocycles. The monoisotopic (exact) mass is 428 g/mol. The predicted molar refractivity (Wildman–Crippen MR) is 138 cm³/mol. The van der Waals surface area contributed by atoms with Crippen LogP contribution in [0.25, 0.3) is 0 Å². The third kappa shape index (κ3) is 8.63. The molecular formula is C31H40O. The van der Waals surface area contributed by atoms with Crippen molar-refractivity contribution in [3.8, 4) is 0 Å². The lowest BCUT2D eigenvalue weighted by Crippen LogP contribution is -2.12. The normalized spacial score (nSPS) is 19.4. The van der Waals surface area contributed by atoms with Crippen molar-refractivity contribution in [2.45, 2.75) is 64.9 Å². The third-order valence-electron chi connectivity index (χ3n) is 6.58. The lowest BCUT2D eigenvalue weighted by Gasteiger charge is -2.25. The van der Waals surface area contributed by atoms with Gasteiger partial charge in [0.15, 0.2) is 0 Å². The minimum Gasteiger partial charge on any atom is -0.380 e. The molecule has 1 fully saturated rings. The van der Waals surface area contributed by atoms with Crippen LogP contribution in [0.2, 0.25) is 0 Å². The summed E-state index contributed by atoms with van der Waals surface area (Å²) < 4.78 is 5.17. The van der Waals surface area contributed by atoms with Gasteiger partial charge in [-0.3, -0.25) is 0 Å². The largest absolute Gasteiger partial charge is 0.380 e. The lowest BCUT2D eigenvalue weighted by molar-refractivity contribution is 0.185. The van der Waals surface area contributed by atoms with E-state index in [1.165, 1.54) is 54.4 Å². The molecule has 170 valence electrons. The van der Waals surface area contributed by atoms with Crippen molar-refractivity contribution in [3.63, 3.8) is 0 Å². The highest BCUT2D eigenvalue weighted by molar-refractivity contribution is 5.27. The second kappa shape index (κ2) is 13.9. The van der Waals surface area contributed by atoms with E-state index in [1.807, 2.05) is 0 Å². The molecule has 0 radical (unpaired) electrons. The Morgan fingerprint density at radius 2 is 1.16 bits per heavy atom. The number of rotatable bonds is 11. The summed E-state index contributed by atoms with van der Waals surface area (Å²) in [6.07, 6.45) is 23.7. The zero-order valence-corrected chi connectivity index (χ0v) is 20.0. The van der Waals surface area contributed by atoms with E-state index in [1.54, 1.807) is 7.11 Å². The molecule has 0 saturated heterocycles. The van der Waals surface area contributed by atoms with Gasteiger partial charge in [0.1, 0.15) is 0 Å². The second-order valence-corrected chi connectivity index (χ2v) is 9.16. The fourth-order valence-corrected chi connectivity index (χ4v) is 4.59. The van der Waals surface area contributed by atoms with Crippen LogP contribution in [-0.2, 0) is 30.6 Å². The SMILES string of the molecule is C/C=C/C1CCC(CC=CCc2ccc(CC=CCc3ccc(COC)cc3)cc2)CC1. The number of hydrogen-bond acceptors (Lipinski definition) is 1. The first kappa shape index (κ1) is 24.3. The number of ether oxygens (including phenoxy) is 1. The average Bonchev–Trinajstić information content (AvgIpc) is 2.83. The fourth-order valence-electron chi connectivity index (χ4n) is 4.59. The Kier molecular flexibility index (Phi) is 10.5. The number of benzene rings is 2. The van der Waals surface area contributed by atoms with Crippen LogP contribution < -0.4 is 0 Å². The summed E-state index contributed by atoms with van der Waals surface area (Å²) in [5.74, 6) is 1.73. The maximum atomic E-state index is 5.17. The minimum absolute atomic E-state index is 0.680. The topological polar surface area (TPSA) is 9.23 Å². The van der Waals surface area contributed by atoms with Gasteiger partial charge in [0.2, 0.25) is 0 Å². The summed E-state index contributed by atoms with van der Waals surface area (Å²) in [7, 11) is 1.73. The Balaban J connectivity index is 1.34. The summed E-state index contributed by atoms with van der Waals surface area (Å²) in [5, 5.41) is 0. The standard InChI is InChI=1S/C31H40O/c1-3-8-26-13-15-27(16-14-26)9-4-5-10-28-17-19-29(20-18-28)11-6-7-12-30-21-23-31(24-22-30)25-32-2/h3-8,17-24,26-27H,9-16,25H2,1-2H3/b5-4?,7-6?,8-3+. The van der Waals surface area contributed by atoms with E-state index in [2.05, 4.69) is 91.9 Å². The molecule has 0 amide bonds. The third-order valence-corrected chi connectivity index (χ3v) is 6.58. The maximum absolute atomic E-state index is 5.17. The van der Waals surface area contributed by atoms with Gasteiger partial charge >= 0.3 is 0 Å². The molecule has 0 aromatic heterocycles. The first-order chi connectivity index (χ1) is 15.8. The van der Waals surface area contributed by atoms with Gasteiger partial charge in [0, 0.05) is 7.11 Å². The van der Waals surface area contributed by atoms with E-state index in [-0.39, 0.29) is 0 Å². The quantitative estimate of drug-likeness (QED) is 0.329. The van der Waals surface area contributed by atoms with Crippen molar-refractivity contribution < 1.29 is 4.74 Å². The van der Waals surface area contributed by atoms with Crippen molar-refractivity contribution in [3.05, 3.63) is 107 Å². The van der Waals surface area contributed by atoms with Crippen LogP contribution in [0.3, 0.4) is 0 Å². The van der Waals surface area contributed by atoms with Crippen molar-refractivity contribution in [1.82, 2.24) is 0 Å². The average molecular weight is 429 g/mol. The van der Waals surface area contributed by atoms with Crippen LogP contribution in [-0.4, -0.2) is 7.11 Å². The second-order valence-electron chi connectivity index (χ2n) is 9.16. The molecule has 2 aromatic rings. The van der Waals surface area contributed by atoms with Crippen molar-refractivity contribution in [2.24, 2.45) is 11.8 Å². The molecule has 1 heteroatoms. The number of methoxy groups -OCH3 is 1. The molecule has 1 aliphatic carbocycles. The molecule has 1 saturated carbocycles. The van der Waals surface area contributed by atoms with Crippen molar-refractivity contribution in [1.29, 1.82) is 0 Å². The molecule has 0 unspecified atom stereocenters. The van der Waals surface area contributed by atoms with E-state index in [4.69, 9.17) is 4.74 Å². The van der Waals surface area contributed by atoms with E-state index < -0.39 is 0 Å². The van der Waals surface area contributed by atoms with Crippen molar-refractivity contribution in [2.75, 3.05) is 7.11 Å². The first-order valence-electron chi connectivity index (χ1n) is 12.3. The van der Waals surface area contributed by atoms with Crippen LogP contribution in [0.5, 0.6) is 0 Å². The smallest absolute Gasteiger partial charge is 0.0713 e. The van der Waals surface area contributed by atoms with Crippen LogP contribution >= 0.6 is 0 Å². The zero-order valence-electron chi connectivity index (χ0n) is 20.0. The molecule has 32 heavy (non-hydrogen) atoms. The van der Waals surface area contributed by atoms with Gasteiger partial charge < -0.3 is 4.74 Å². The molecule has 0 bridgehead atoms. The molecule has 0 heterocycles.